The quantitative estimate of drug-likeness (QED) is 0.463. The molecule has 1 atom stereocenters. The van der Waals surface area contributed by atoms with Crippen molar-refractivity contribution in [2.45, 2.75) is 26.7 Å². The van der Waals surface area contributed by atoms with Crippen LogP contribution in [0.1, 0.15) is 26.7 Å². The van der Waals surface area contributed by atoms with Gasteiger partial charge in [0.25, 0.3) is 0 Å². The maximum absolute atomic E-state index is 2.27. The van der Waals surface area contributed by atoms with E-state index in [1.54, 1.807) is 0 Å². The summed E-state index contributed by atoms with van der Waals surface area (Å²) in [6.45, 7) is 4.46. The molecule has 1 unspecified atom stereocenters. The van der Waals surface area contributed by atoms with E-state index in [4.69, 9.17) is 0 Å². The molecule has 0 bridgehead atoms. The van der Waals surface area contributed by atoms with Crippen LogP contribution in [0.4, 0.5) is 0 Å². The Kier molecular flexibility index (Phi) is 2.10. The average Bonchev–Trinajstić information content (AvgIpc) is 1.97. The van der Waals surface area contributed by atoms with E-state index in [9.17, 15) is 0 Å². The van der Waals surface area contributed by atoms with Crippen LogP contribution in [0.15, 0.2) is 23.8 Å². The Hall–Kier alpha value is -0.520. The monoisotopic (exact) mass is 122 g/mol. The number of allylic oxidation sites excluding steroid dienone is 4. The van der Waals surface area contributed by atoms with Crippen molar-refractivity contribution < 1.29 is 0 Å². The smallest absolute Gasteiger partial charge is 0.0256 e. The van der Waals surface area contributed by atoms with E-state index < -0.39 is 0 Å². The van der Waals surface area contributed by atoms with Crippen LogP contribution in [0.2, 0.25) is 0 Å². The molecule has 9 heavy (non-hydrogen) atoms. The van der Waals surface area contributed by atoms with Crippen molar-refractivity contribution in [3.8, 4) is 0 Å². The van der Waals surface area contributed by atoms with Gasteiger partial charge in [0, 0.05) is 0 Å². The molecule has 50 valence electrons. The summed E-state index contributed by atoms with van der Waals surface area (Å²) in [5.74, 6) is 0.777. The zero-order valence-electron chi connectivity index (χ0n) is 6.22. The van der Waals surface area contributed by atoms with E-state index in [0.717, 1.165) is 5.92 Å². The van der Waals surface area contributed by atoms with Crippen LogP contribution in [-0.4, -0.2) is 0 Å². The highest BCUT2D eigenvalue weighted by atomic mass is 14.0. The van der Waals surface area contributed by atoms with Crippen molar-refractivity contribution >= 4 is 0 Å². The Morgan fingerprint density at radius 2 is 2.33 bits per heavy atom. The lowest BCUT2D eigenvalue weighted by molar-refractivity contribution is 0.650. The van der Waals surface area contributed by atoms with Gasteiger partial charge >= 0.3 is 0 Å². The molecule has 0 aromatic rings. The second-order valence-corrected chi connectivity index (χ2v) is 2.91. The first-order chi connectivity index (χ1) is 4.29. The Morgan fingerprint density at radius 3 is 3.11 bits per heavy atom. The van der Waals surface area contributed by atoms with Crippen LogP contribution in [0, 0.1) is 5.92 Å². The lowest BCUT2D eigenvalue weighted by Gasteiger charge is -2.01. The highest BCUT2D eigenvalue weighted by Crippen LogP contribution is 2.16. The van der Waals surface area contributed by atoms with Gasteiger partial charge in [-0.1, -0.05) is 30.7 Å². The molecule has 0 spiro atoms. The van der Waals surface area contributed by atoms with Gasteiger partial charge in [0.15, 0.2) is 0 Å². The summed E-state index contributed by atoms with van der Waals surface area (Å²) in [6.07, 6.45) is 9.25. The molecule has 0 heterocycles. The predicted molar refractivity (Wildman–Crippen MR) is 41.3 cm³/mol. The third-order valence-electron chi connectivity index (χ3n) is 1.81. The molecule has 0 saturated heterocycles. The molecule has 0 nitrogen and oxygen atoms in total. The summed E-state index contributed by atoms with van der Waals surface area (Å²) in [7, 11) is 0. The number of rotatable bonds is 0. The van der Waals surface area contributed by atoms with Gasteiger partial charge in [0.05, 0.1) is 0 Å². The van der Waals surface area contributed by atoms with Crippen LogP contribution < -0.4 is 0 Å². The van der Waals surface area contributed by atoms with Crippen LogP contribution in [0.3, 0.4) is 0 Å². The highest BCUT2D eigenvalue weighted by Gasteiger charge is 1.99. The summed E-state index contributed by atoms with van der Waals surface area (Å²) < 4.78 is 0. The summed E-state index contributed by atoms with van der Waals surface area (Å²) in [4.78, 5) is 0. The van der Waals surface area contributed by atoms with Gasteiger partial charge in [-0.2, -0.15) is 0 Å². The first-order valence-corrected chi connectivity index (χ1v) is 3.63. The lowest BCUT2D eigenvalue weighted by Crippen LogP contribution is -1.86. The third-order valence-corrected chi connectivity index (χ3v) is 1.81. The molecule has 0 N–H and O–H groups in total. The SMILES string of the molecule is CC1=CC=CC(C)CC1. The van der Waals surface area contributed by atoms with Gasteiger partial charge in [-0.25, -0.2) is 0 Å². The van der Waals surface area contributed by atoms with Crippen LogP contribution in [0.25, 0.3) is 0 Å². The minimum absolute atomic E-state index is 0.777. The standard InChI is InChI=1S/C9H14/c1-8-4-3-5-9(2)7-6-8/h3-5,8H,6-7H2,1-2H3. The molecular weight excluding hydrogens is 108 g/mol. The second kappa shape index (κ2) is 2.86. The highest BCUT2D eigenvalue weighted by molar-refractivity contribution is 5.13. The third kappa shape index (κ3) is 2.05. The number of hydrogen-bond donors (Lipinski definition) is 0. The molecule has 1 rings (SSSR count). The fourth-order valence-corrected chi connectivity index (χ4v) is 1.04. The molecule has 1 aliphatic rings. The Labute approximate surface area is 57.3 Å². The molecule has 0 fully saturated rings. The van der Waals surface area contributed by atoms with Crippen molar-refractivity contribution in [3.63, 3.8) is 0 Å². The number of hydrogen-bond acceptors (Lipinski definition) is 0. The summed E-state index contributed by atoms with van der Waals surface area (Å²) in [6, 6.07) is 0. The largest absolute Gasteiger partial charge is 0.0817 e. The fourth-order valence-electron chi connectivity index (χ4n) is 1.04. The van der Waals surface area contributed by atoms with Gasteiger partial charge in [-0.15, -0.1) is 0 Å². The molecular formula is C9H14. The molecule has 0 aromatic carbocycles. The Morgan fingerprint density at radius 1 is 1.56 bits per heavy atom. The van der Waals surface area contributed by atoms with E-state index in [0.29, 0.717) is 0 Å². The Balaban J connectivity index is 2.55. The van der Waals surface area contributed by atoms with Crippen molar-refractivity contribution in [2.75, 3.05) is 0 Å². The molecule has 0 aromatic heterocycles. The zero-order valence-corrected chi connectivity index (χ0v) is 6.22. The van der Waals surface area contributed by atoms with Gasteiger partial charge in [-0.3, -0.25) is 0 Å². The summed E-state index contributed by atoms with van der Waals surface area (Å²) >= 11 is 0. The predicted octanol–water partition coefficient (Wildman–Crippen LogP) is 2.92. The van der Waals surface area contributed by atoms with E-state index in [2.05, 4.69) is 32.1 Å². The van der Waals surface area contributed by atoms with Gasteiger partial charge < -0.3 is 0 Å². The van der Waals surface area contributed by atoms with E-state index in [1.807, 2.05) is 0 Å². The lowest BCUT2D eigenvalue weighted by atomic mass is 10.0. The molecule has 0 radical (unpaired) electrons. The van der Waals surface area contributed by atoms with E-state index >= 15 is 0 Å². The molecule has 0 amide bonds. The maximum Gasteiger partial charge on any atom is -0.0256 e. The minimum atomic E-state index is 0.777. The van der Waals surface area contributed by atoms with E-state index in [-0.39, 0.29) is 0 Å². The topological polar surface area (TPSA) is 0 Å². The fraction of sp³-hybridized carbons (Fsp3) is 0.556. The van der Waals surface area contributed by atoms with Crippen LogP contribution in [-0.2, 0) is 0 Å². The molecule has 1 aliphatic carbocycles. The van der Waals surface area contributed by atoms with Crippen molar-refractivity contribution in [3.05, 3.63) is 23.8 Å². The average molecular weight is 122 g/mol. The van der Waals surface area contributed by atoms with Crippen molar-refractivity contribution in [2.24, 2.45) is 5.92 Å². The minimum Gasteiger partial charge on any atom is -0.0817 e. The summed E-state index contributed by atoms with van der Waals surface area (Å²) in [5.41, 5.74) is 1.51. The van der Waals surface area contributed by atoms with Gasteiger partial charge in [0.1, 0.15) is 0 Å². The maximum atomic E-state index is 2.27. The molecule has 0 aliphatic heterocycles. The Bertz CT molecular complexity index is 140. The van der Waals surface area contributed by atoms with Gasteiger partial charge in [-0.05, 0) is 25.7 Å². The first kappa shape index (κ1) is 6.60. The van der Waals surface area contributed by atoms with Crippen molar-refractivity contribution in [1.29, 1.82) is 0 Å². The summed E-state index contributed by atoms with van der Waals surface area (Å²) in [5, 5.41) is 0. The first-order valence-electron chi connectivity index (χ1n) is 3.63. The molecule has 0 saturated carbocycles. The van der Waals surface area contributed by atoms with Crippen LogP contribution >= 0.6 is 0 Å². The zero-order chi connectivity index (χ0) is 6.69. The van der Waals surface area contributed by atoms with Crippen LogP contribution in [0.5, 0.6) is 0 Å². The normalized spacial score (nSPS) is 27.3. The van der Waals surface area contributed by atoms with Crippen molar-refractivity contribution in [1.82, 2.24) is 0 Å². The second-order valence-electron chi connectivity index (χ2n) is 2.91. The van der Waals surface area contributed by atoms with Gasteiger partial charge in [0.2, 0.25) is 0 Å². The van der Waals surface area contributed by atoms with E-state index in [1.165, 1.54) is 18.4 Å². The molecule has 0 heteroatoms.